The number of carbonyl (C=O) groups is 3. The van der Waals surface area contributed by atoms with Crippen LogP contribution in [0.4, 0.5) is 13.2 Å². The van der Waals surface area contributed by atoms with Crippen LogP contribution in [0.15, 0.2) is 97.6 Å². The molecule has 0 radical (unpaired) electrons. The topological polar surface area (TPSA) is 97.4 Å². The van der Waals surface area contributed by atoms with Crippen LogP contribution in [-0.4, -0.2) is 50.5 Å². The van der Waals surface area contributed by atoms with Crippen molar-refractivity contribution in [2.24, 2.45) is 0 Å². The number of ether oxygens (including phenoxy) is 5. The zero-order valence-corrected chi connectivity index (χ0v) is 24.5. The minimum absolute atomic E-state index is 0.134. The van der Waals surface area contributed by atoms with Gasteiger partial charge in [-0.3, -0.25) is 0 Å². The number of hydrogen-bond acceptors (Lipinski definition) is 8. The van der Waals surface area contributed by atoms with E-state index in [1.807, 2.05) is 0 Å². The molecule has 3 aromatic rings. The first kappa shape index (κ1) is 34.4. The third-order valence-electron chi connectivity index (χ3n) is 6.23. The first-order chi connectivity index (χ1) is 21.6. The van der Waals surface area contributed by atoms with Gasteiger partial charge in [-0.15, -0.1) is 0 Å². The highest BCUT2D eigenvalue weighted by atomic mass is 19.4. The van der Waals surface area contributed by atoms with Gasteiger partial charge in [0.2, 0.25) is 0 Å². The minimum atomic E-state index is -4.84. The van der Waals surface area contributed by atoms with E-state index in [0.29, 0.717) is 36.0 Å². The highest BCUT2D eigenvalue weighted by molar-refractivity contribution is 5.91. The Labute approximate surface area is 259 Å². The molecule has 0 aliphatic heterocycles. The van der Waals surface area contributed by atoms with E-state index in [1.165, 1.54) is 0 Å². The SMILES string of the molecule is C=CC(=O)OCCCCCCOc1ccc(C(=O)Oc2ccc(-c3ccc(OCCOC(=O)C(=C)C(F)(F)F)cc3)cc2)cc1. The molecule has 3 rings (SSSR count). The maximum atomic E-state index is 12.6. The molecule has 45 heavy (non-hydrogen) atoms. The molecule has 0 amide bonds. The molecule has 0 N–H and O–H groups in total. The standard InChI is InChI=1S/C34H33F3O8/c1-3-31(38)43-21-7-5-4-6-20-41-28-16-12-27(13-17-28)33(40)45-30-18-10-26(11-19-30)25-8-14-29(15-9-25)42-22-23-44-32(39)24(2)34(35,36)37/h3,8-19H,1-2,4-7,20-23H2. The van der Waals surface area contributed by atoms with Crippen LogP contribution in [0.25, 0.3) is 11.1 Å². The van der Waals surface area contributed by atoms with E-state index in [9.17, 15) is 27.6 Å². The number of hydrogen-bond donors (Lipinski definition) is 0. The molecule has 0 saturated heterocycles. The number of benzene rings is 3. The van der Waals surface area contributed by atoms with Gasteiger partial charge in [-0.2, -0.15) is 13.2 Å². The Morgan fingerprint density at radius 2 is 1.16 bits per heavy atom. The van der Waals surface area contributed by atoms with Gasteiger partial charge in [-0.25, -0.2) is 14.4 Å². The fourth-order valence-electron chi connectivity index (χ4n) is 3.79. The minimum Gasteiger partial charge on any atom is -0.494 e. The van der Waals surface area contributed by atoms with Crippen molar-refractivity contribution in [2.75, 3.05) is 26.4 Å². The van der Waals surface area contributed by atoms with Gasteiger partial charge in [0, 0.05) is 6.08 Å². The van der Waals surface area contributed by atoms with Crippen LogP contribution in [0.5, 0.6) is 17.2 Å². The van der Waals surface area contributed by atoms with Gasteiger partial charge in [0.1, 0.15) is 36.0 Å². The highest BCUT2D eigenvalue weighted by Crippen LogP contribution is 2.26. The van der Waals surface area contributed by atoms with Gasteiger partial charge in [0.25, 0.3) is 0 Å². The third-order valence-corrected chi connectivity index (χ3v) is 6.23. The lowest BCUT2D eigenvalue weighted by molar-refractivity contribution is -0.151. The number of alkyl halides is 3. The van der Waals surface area contributed by atoms with Crippen molar-refractivity contribution in [3.05, 3.63) is 103 Å². The molecule has 0 aromatic heterocycles. The molecule has 0 aliphatic rings. The molecule has 0 bridgehead atoms. The predicted octanol–water partition coefficient (Wildman–Crippen LogP) is 7.28. The first-order valence-corrected chi connectivity index (χ1v) is 14.1. The van der Waals surface area contributed by atoms with Crippen LogP contribution in [-0.2, 0) is 19.1 Å². The van der Waals surface area contributed by atoms with Crippen LogP contribution >= 0.6 is 0 Å². The second-order valence-electron chi connectivity index (χ2n) is 9.56. The Kier molecular flexibility index (Phi) is 13.2. The molecular formula is C34H33F3O8. The molecule has 0 aliphatic carbocycles. The molecule has 8 nitrogen and oxygen atoms in total. The summed E-state index contributed by atoms with van der Waals surface area (Å²) in [5.41, 5.74) is 0.488. The van der Waals surface area contributed by atoms with Crippen molar-refractivity contribution in [1.29, 1.82) is 0 Å². The van der Waals surface area contributed by atoms with Crippen molar-refractivity contribution in [1.82, 2.24) is 0 Å². The zero-order valence-electron chi connectivity index (χ0n) is 24.5. The normalized spacial score (nSPS) is 10.8. The van der Waals surface area contributed by atoms with Crippen LogP contribution in [0.3, 0.4) is 0 Å². The summed E-state index contributed by atoms with van der Waals surface area (Å²) in [5, 5.41) is 0. The molecular weight excluding hydrogens is 593 g/mol. The van der Waals surface area contributed by atoms with Crippen molar-refractivity contribution >= 4 is 17.9 Å². The molecule has 0 fully saturated rings. The summed E-state index contributed by atoms with van der Waals surface area (Å²) in [6, 6.07) is 20.5. The number of unbranched alkanes of at least 4 members (excludes halogenated alkanes) is 3. The fourth-order valence-corrected chi connectivity index (χ4v) is 3.79. The van der Waals surface area contributed by atoms with Gasteiger partial charge in [-0.1, -0.05) is 37.4 Å². The maximum Gasteiger partial charge on any atom is 0.422 e. The van der Waals surface area contributed by atoms with E-state index in [4.69, 9.17) is 18.9 Å². The molecule has 0 atom stereocenters. The lowest BCUT2D eigenvalue weighted by atomic mass is 10.1. The molecule has 0 saturated carbocycles. The average molecular weight is 627 g/mol. The largest absolute Gasteiger partial charge is 0.494 e. The van der Waals surface area contributed by atoms with E-state index in [2.05, 4.69) is 17.9 Å². The summed E-state index contributed by atoms with van der Waals surface area (Å²) < 4.78 is 63.4. The summed E-state index contributed by atoms with van der Waals surface area (Å²) in [7, 11) is 0. The zero-order chi connectivity index (χ0) is 32.7. The lowest BCUT2D eigenvalue weighted by Gasteiger charge is -2.11. The van der Waals surface area contributed by atoms with Gasteiger partial charge in [0.15, 0.2) is 0 Å². The molecule has 11 heteroatoms. The smallest absolute Gasteiger partial charge is 0.422 e. The number of esters is 3. The quantitative estimate of drug-likeness (QED) is 0.0668. The van der Waals surface area contributed by atoms with Crippen molar-refractivity contribution < 1.29 is 51.2 Å². The molecule has 0 unspecified atom stereocenters. The van der Waals surface area contributed by atoms with E-state index >= 15 is 0 Å². The van der Waals surface area contributed by atoms with Crippen LogP contribution in [0.2, 0.25) is 0 Å². The van der Waals surface area contributed by atoms with Crippen LogP contribution in [0.1, 0.15) is 36.0 Å². The second-order valence-corrected chi connectivity index (χ2v) is 9.56. The fraction of sp³-hybridized carbons (Fsp3) is 0.265. The van der Waals surface area contributed by atoms with Crippen molar-refractivity contribution in [3.63, 3.8) is 0 Å². The van der Waals surface area contributed by atoms with Crippen molar-refractivity contribution in [3.8, 4) is 28.4 Å². The van der Waals surface area contributed by atoms with E-state index < -0.39 is 29.7 Å². The Morgan fingerprint density at radius 3 is 1.71 bits per heavy atom. The summed E-state index contributed by atoms with van der Waals surface area (Å²) in [4.78, 5) is 34.9. The third kappa shape index (κ3) is 11.9. The summed E-state index contributed by atoms with van der Waals surface area (Å²) in [6.45, 7) is 6.43. The summed E-state index contributed by atoms with van der Waals surface area (Å²) in [5.74, 6) is -1.02. The van der Waals surface area contributed by atoms with E-state index in [1.54, 1.807) is 72.8 Å². The molecule has 0 spiro atoms. The highest BCUT2D eigenvalue weighted by Gasteiger charge is 2.37. The maximum absolute atomic E-state index is 12.6. The van der Waals surface area contributed by atoms with E-state index in [0.717, 1.165) is 42.9 Å². The Balaban J connectivity index is 1.37. The van der Waals surface area contributed by atoms with Crippen molar-refractivity contribution in [2.45, 2.75) is 31.9 Å². The van der Waals surface area contributed by atoms with Gasteiger partial charge < -0.3 is 23.7 Å². The monoisotopic (exact) mass is 626 g/mol. The van der Waals surface area contributed by atoms with Crippen LogP contribution in [0, 0.1) is 0 Å². The predicted molar refractivity (Wildman–Crippen MR) is 160 cm³/mol. The Bertz CT molecular complexity index is 1430. The molecule has 238 valence electrons. The van der Waals surface area contributed by atoms with E-state index in [-0.39, 0.29) is 13.2 Å². The number of halogens is 3. The molecule has 3 aromatic carbocycles. The lowest BCUT2D eigenvalue weighted by Crippen LogP contribution is -2.22. The molecule has 0 heterocycles. The Hall–Kier alpha value is -5.06. The van der Waals surface area contributed by atoms with Gasteiger partial charge >= 0.3 is 24.1 Å². The first-order valence-electron chi connectivity index (χ1n) is 14.1. The number of rotatable bonds is 17. The second kappa shape index (κ2) is 17.3. The van der Waals surface area contributed by atoms with Gasteiger partial charge in [0.05, 0.1) is 18.8 Å². The average Bonchev–Trinajstić information content (AvgIpc) is 3.04. The van der Waals surface area contributed by atoms with Gasteiger partial charge in [-0.05, 0) is 85.3 Å². The number of carbonyl (C=O) groups excluding carboxylic acids is 3. The summed E-state index contributed by atoms with van der Waals surface area (Å²) >= 11 is 0. The summed E-state index contributed by atoms with van der Waals surface area (Å²) in [6.07, 6.45) is -0.216. The van der Waals surface area contributed by atoms with Crippen LogP contribution < -0.4 is 14.2 Å². The Morgan fingerprint density at radius 1 is 0.644 bits per heavy atom.